The molecule has 0 bridgehead atoms. The minimum atomic E-state index is 0.0566. The first-order valence-corrected chi connectivity index (χ1v) is 10.4. The fourth-order valence-electron chi connectivity index (χ4n) is 3.20. The van der Waals surface area contributed by atoms with Crippen molar-refractivity contribution in [3.63, 3.8) is 0 Å². The Morgan fingerprint density at radius 2 is 1.93 bits per heavy atom. The van der Waals surface area contributed by atoms with Gasteiger partial charge in [0.1, 0.15) is 5.75 Å². The van der Waals surface area contributed by atoms with Crippen LogP contribution >= 0.6 is 27.5 Å². The van der Waals surface area contributed by atoms with Gasteiger partial charge in [-0.2, -0.15) is 0 Å². The molecule has 3 rings (SSSR count). The third kappa shape index (κ3) is 6.83. The molecule has 1 N–H and O–H groups in total. The Kier molecular flexibility index (Phi) is 7.56. The van der Waals surface area contributed by atoms with E-state index in [0.717, 1.165) is 47.7 Å². The first kappa shape index (κ1) is 20.2. The van der Waals surface area contributed by atoms with Crippen molar-refractivity contribution >= 4 is 33.4 Å². The number of benzene rings is 2. The Hall–Kier alpha value is -1.56. The summed E-state index contributed by atoms with van der Waals surface area (Å²) in [6, 6.07) is 15.9. The fourth-order valence-corrected chi connectivity index (χ4v) is 3.71. The van der Waals surface area contributed by atoms with E-state index in [4.69, 9.17) is 16.3 Å². The molecule has 1 saturated heterocycles. The number of piperidine rings is 1. The Labute approximate surface area is 174 Å². The summed E-state index contributed by atoms with van der Waals surface area (Å²) in [7, 11) is 0. The van der Waals surface area contributed by atoms with Crippen LogP contribution in [0.1, 0.15) is 24.8 Å². The third-order valence-corrected chi connectivity index (χ3v) is 5.41. The SMILES string of the molecule is O=C(CCOc1cccc(Br)c1)NC1CCN(Cc2ccc(Cl)cc2)CC1. The quantitative estimate of drug-likeness (QED) is 0.666. The highest BCUT2D eigenvalue weighted by molar-refractivity contribution is 9.10. The number of carbonyl (C=O) groups excluding carboxylic acids is 1. The van der Waals surface area contributed by atoms with E-state index >= 15 is 0 Å². The van der Waals surface area contributed by atoms with Crippen LogP contribution in [-0.4, -0.2) is 36.5 Å². The van der Waals surface area contributed by atoms with Crippen molar-refractivity contribution in [1.29, 1.82) is 0 Å². The van der Waals surface area contributed by atoms with E-state index in [9.17, 15) is 4.79 Å². The van der Waals surface area contributed by atoms with Gasteiger partial charge >= 0.3 is 0 Å². The van der Waals surface area contributed by atoms with E-state index in [-0.39, 0.29) is 11.9 Å². The Bertz CT molecular complexity index is 746. The number of hydrogen-bond acceptors (Lipinski definition) is 3. The molecule has 2 aromatic carbocycles. The molecule has 0 unspecified atom stereocenters. The molecule has 4 nitrogen and oxygen atoms in total. The summed E-state index contributed by atoms with van der Waals surface area (Å²) in [5.74, 6) is 0.828. The van der Waals surface area contributed by atoms with E-state index in [0.29, 0.717) is 13.0 Å². The van der Waals surface area contributed by atoms with Crippen molar-refractivity contribution in [3.05, 3.63) is 63.6 Å². The monoisotopic (exact) mass is 450 g/mol. The van der Waals surface area contributed by atoms with Crippen molar-refractivity contribution in [3.8, 4) is 5.75 Å². The molecule has 1 fully saturated rings. The molecule has 2 aromatic rings. The minimum Gasteiger partial charge on any atom is -0.493 e. The summed E-state index contributed by atoms with van der Waals surface area (Å²) in [6.45, 7) is 3.29. The molecule has 144 valence electrons. The second-order valence-corrected chi connectivity index (χ2v) is 8.15. The lowest BCUT2D eigenvalue weighted by Gasteiger charge is -2.32. The van der Waals surface area contributed by atoms with Gasteiger partial charge < -0.3 is 10.1 Å². The second kappa shape index (κ2) is 10.1. The van der Waals surface area contributed by atoms with Crippen LogP contribution < -0.4 is 10.1 Å². The number of rotatable bonds is 7. The first-order valence-electron chi connectivity index (χ1n) is 9.23. The van der Waals surface area contributed by atoms with Gasteiger partial charge in [-0.25, -0.2) is 0 Å². The topological polar surface area (TPSA) is 41.6 Å². The lowest BCUT2D eigenvalue weighted by atomic mass is 10.0. The number of ether oxygens (including phenoxy) is 1. The molecule has 6 heteroatoms. The van der Waals surface area contributed by atoms with Crippen molar-refractivity contribution in [2.24, 2.45) is 0 Å². The van der Waals surface area contributed by atoms with Gasteiger partial charge in [-0.1, -0.05) is 45.7 Å². The number of amides is 1. The normalized spacial score (nSPS) is 15.5. The summed E-state index contributed by atoms with van der Waals surface area (Å²) >= 11 is 9.34. The number of likely N-dealkylation sites (tertiary alicyclic amines) is 1. The Balaban J connectivity index is 1.33. The molecule has 1 amide bonds. The summed E-state index contributed by atoms with van der Waals surface area (Å²) in [5.41, 5.74) is 1.27. The van der Waals surface area contributed by atoms with E-state index < -0.39 is 0 Å². The highest BCUT2D eigenvalue weighted by atomic mass is 79.9. The zero-order chi connectivity index (χ0) is 19.1. The molecular formula is C21H24BrClN2O2. The molecule has 0 aromatic heterocycles. The Morgan fingerprint density at radius 1 is 1.19 bits per heavy atom. The molecule has 1 heterocycles. The van der Waals surface area contributed by atoms with Crippen LogP contribution in [0.4, 0.5) is 0 Å². The van der Waals surface area contributed by atoms with Crippen LogP contribution in [0.3, 0.4) is 0 Å². The van der Waals surface area contributed by atoms with Crippen LogP contribution in [0.15, 0.2) is 53.0 Å². The van der Waals surface area contributed by atoms with Gasteiger partial charge in [0.05, 0.1) is 13.0 Å². The molecule has 1 aliphatic rings. The maximum Gasteiger partial charge on any atom is 0.223 e. The van der Waals surface area contributed by atoms with Gasteiger partial charge in [0, 0.05) is 35.2 Å². The van der Waals surface area contributed by atoms with E-state index in [1.165, 1.54) is 5.56 Å². The molecule has 0 aliphatic carbocycles. The predicted molar refractivity (Wildman–Crippen MR) is 112 cm³/mol. The zero-order valence-corrected chi connectivity index (χ0v) is 17.5. The average molecular weight is 452 g/mol. The van der Waals surface area contributed by atoms with Gasteiger partial charge in [-0.15, -0.1) is 0 Å². The number of halogens is 2. The maximum atomic E-state index is 12.1. The molecule has 1 aliphatic heterocycles. The number of nitrogens with zero attached hydrogens (tertiary/aromatic N) is 1. The van der Waals surface area contributed by atoms with Gasteiger partial charge in [-0.3, -0.25) is 9.69 Å². The largest absolute Gasteiger partial charge is 0.493 e. The molecule has 0 radical (unpaired) electrons. The number of hydrogen-bond donors (Lipinski definition) is 1. The molecular weight excluding hydrogens is 428 g/mol. The maximum absolute atomic E-state index is 12.1. The van der Waals surface area contributed by atoms with Crippen molar-refractivity contribution in [2.75, 3.05) is 19.7 Å². The van der Waals surface area contributed by atoms with Crippen molar-refractivity contribution in [1.82, 2.24) is 10.2 Å². The third-order valence-electron chi connectivity index (χ3n) is 4.67. The summed E-state index contributed by atoms with van der Waals surface area (Å²) in [4.78, 5) is 14.6. The van der Waals surface area contributed by atoms with Crippen LogP contribution in [0.25, 0.3) is 0 Å². The molecule has 27 heavy (non-hydrogen) atoms. The Morgan fingerprint density at radius 3 is 2.63 bits per heavy atom. The average Bonchev–Trinajstić information content (AvgIpc) is 2.65. The second-order valence-electron chi connectivity index (χ2n) is 6.80. The standard InChI is InChI=1S/C21H24BrClN2O2/c22-17-2-1-3-20(14-17)27-13-10-21(26)24-19-8-11-25(12-9-19)15-16-4-6-18(23)7-5-16/h1-7,14,19H,8-13,15H2,(H,24,26). The van der Waals surface area contributed by atoms with Gasteiger partial charge in [0.2, 0.25) is 5.91 Å². The van der Waals surface area contributed by atoms with Crippen LogP contribution in [0.2, 0.25) is 5.02 Å². The lowest BCUT2D eigenvalue weighted by Crippen LogP contribution is -2.44. The molecule has 0 saturated carbocycles. The lowest BCUT2D eigenvalue weighted by molar-refractivity contribution is -0.122. The predicted octanol–water partition coefficient (Wildman–Crippen LogP) is 4.65. The number of carbonyl (C=O) groups is 1. The van der Waals surface area contributed by atoms with Crippen LogP contribution in [0, 0.1) is 0 Å². The van der Waals surface area contributed by atoms with Crippen molar-refractivity contribution < 1.29 is 9.53 Å². The van der Waals surface area contributed by atoms with Gasteiger partial charge in [0.15, 0.2) is 0 Å². The van der Waals surface area contributed by atoms with Gasteiger partial charge in [-0.05, 0) is 48.7 Å². The zero-order valence-electron chi connectivity index (χ0n) is 15.2. The van der Waals surface area contributed by atoms with Crippen LogP contribution in [0.5, 0.6) is 5.75 Å². The molecule has 0 atom stereocenters. The van der Waals surface area contributed by atoms with E-state index in [1.54, 1.807) is 0 Å². The summed E-state index contributed by atoms with van der Waals surface area (Å²) < 4.78 is 6.60. The smallest absolute Gasteiger partial charge is 0.223 e. The van der Waals surface area contributed by atoms with E-state index in [2.05, 4.69) is 38.3 Å². The highest BCUT2D eigenvalue weighted by Gasteiger charge is 2.20. The fraction of sp³-hybridized carbons (Fsp3) is 0.381. The first-order chi connectivity index (χ1) is 13.1. The summed E-state index contributed by atoms with van der Waals surface area (Å²) in [6.07, 6.45) is 2.33. The van der Waals surface area contributed by atoms with Crippen molar-refractivity contribution in [2.45, 2.75) is 31.8 Å². The molecule has 0 spiro atoms. The highest BCUT2D eigenvalue weighted by Crippen LogP contribution is 2.18. The van der Waals surface area contributed by atoms with Gasteiger partial charge in [0.25, 0.3) is 0 Å². The summed E-state index contributed by atoms with van der Waals surface area (Å²) in [5, 5.41) is 3.90. The minimum absolute atomic E-state index is 0.0566. The van der Waals surface area contributed by atoms with E-state index in [1.807, 2.05) is 36.4 Å². The number of nitrogens with one attached hydrogen (secondary N) is 1. The van der Waals surface area contributed by atoms with Crippen LogP contribution in [-0.2, 0) is 11.3 Å².